The maximum absolute atomic E-state index is 13.8. The summed E-state index contributed by atoms with van der Waals surface area (Å²) in [4.78, 5) is 21.2. The van der Waals surface area contributed by atoms with Crippen LogP contribution < -0.4 is 22.3 Å². The number of halogens is 1. The molecule has 0 atom stereocenters. The van der Waals surface area contributed by atoms with Gasteiger partial charge in [0, 0.05) is 18.3 Å². The Kier molecular flexibility index (Phi) is 5.43. The molecule has 0 aliphatic heterocycles. The second-order valence-electron chi connectivity index (χ2n) is 7.34. The van der Waals surface area contributed by atoms with Crippen LogP contribution in [-0.4, -0.2) is 20.9 Å². The number of anilines is 3. The molecule has 0 saturated heterocycles. The van der Waals surface area contributed by atoms with Gasteiger partial charge in [0.15, 0.2) is 5.82 Å². The molecule has 0 fully saturated rings. The zero-order chi connectivity index (χ0) is 22.8. The fraction of sp³-hybridized carbons (Fsp3) is 0.130. The average molecular weight is 429 g/mol. The first-order chi connectivity index (χ1) is 15.4. The SMILES string of the molecule is Cc1cccc(-c2c(CCNc3nc(N)nc(N)c3C#N)cc3ccc(F)cn3c2=O)c1. The van der Waals surface area contributed by atoms with Crippen LogP contribution in [0.15, 0.2) is 53.5 Å². The summed E-state index contributed by atoms with van der Waals surface area (Å²) < 4.78 is 15.1. The highest BCUT2D eigenvalue weighted by Crippen LogP contribution is 2.24. The first kappa shape index (κ1) is 20.8. The molecule has 0 spiro atoms. The van der Waals surface area contributed by atoms with Gasteiger partial charge >= 0.3 is 0 Å². The van der Waals surface area contributed by atoms with Gasteiger partial charge in [0.05, 0.1) is 5.56 Å². The van der Waals surface area contributed by atoms with Crippen molar-refractivity contribution in [3.05, 3.63) is 81.5 Å². The van der Waals surface area contributed by atoms with E-state index in [0.29, 0.717) is 24.0 Å². The van der Waals surface area contributed by atoms with Gasteiger partial charge in [0.25, 0.3) is 5.56 Å². The van der Waals surface area contributed by atoms with Crippen molar-refractivity contribution < 1.29 is 4.39 Å². The summed E-state index contributed by atoms with van der Waals surface area (Å²) in [5, 5.41) is 12.4. The Bertz CT molecular complexity index is 1440. The van der Waals surface area contributed by atoms with Gasteiger partial charge in [-0.05, 0) is 42.7 Å². The number of nitrogens with one attached hydrogen (secondary N) is 1. The topological polar surface area (TPSA) is 135 Å². The van der Waals surface area contributed by atoms with Crippen molar-refractivity contribution in [1.82, 2.24) is 14.4 Å². The van der Waals surface area contributed by atoms with E-state index in [9.17, 15) is 14.4 Å². The van der Waals surface area contributed by atoms with Crippen LogP contribution in [0.1, 0.15) is 16.7 Å². The lowest BCUT2D eigenvalue weighted by atomic mass is 9.97. The minimum atomic E-state index is -0.493. The Hall–Kier alpha value is -4.45. The molecule has 0 amide bonds. The van der Waals surface area contributed by atoms with Crippen LogP contribution in [0.2, 0.25) is 0 Å². The summed E-state index contributed by atoms with van der Waals surface area (Å²) in [6.07, 6.45) is 1.62. The molecule has 3 heterocycles. The van der Waals surface area contributed by atoms with Crippen molar-refractivity contribution in [1.29, 1.82) is 5.26 Å². The number of nitriles is 1. The minimum absolute atomic E-state index is 0.00562. The maximum Gasteiger partial charge on any atom is 0.263 e. The number of nitrogen functional groups attached to an aromatic ring is 2. The van der Waals surface area contributed by atoms with Crippen molar-refractivity contribution in [2.75, 3.05) is 23.3 Å². The fourth-order valence-corrected chi connectivity index (χ4v) is 3.64. The first-order valence-corrected chi connectivity index (χ1v) is 9.85. The maximum atomic E-state index is 13.8. The number of aromatic nitrogens is 3. The lowest BCUT2D eigenvalue weighted by Gasteiger charge is -2.14. The Morgan fingerprint density at radius 3 is 2.75 bits per heavy atom. The number of benzene rings is 1. The van der Waals surface area contributed by atoms with Gasteiger partial charge in [-0.1, -0.05) is 29.8 Å². The average Bonchev–Trinajstić information content (AvgIpc) is 2.74. The third-order valence-electron chi connectivity index (χ3n) is 5.08. The summed E-state index contributed by atoms with van der Waals surface area (Å²) in [6.45, 7) is 2.29. The molecule has 0 bridgehead atoms. The van der Waals surface area contributed by atoms with E-state index in [2.05, 4.69) is 15.3 Å². The van der Waals surface area contributed by atoms with Crippen LogP contribution in [0.5, 0.6) is 0 Å². The van der Waals surface area contributed by atoms with E-state index < -0.39 is 5.82 Å². The number of rotatable bonds is 5. The van der Waals surface area contributed by atoms with Gasteiger partial charge in [0.2, 0.25) is 5.95 Å². The van der Waals surface area contributed by atoms with Gasteiger partial charge in [-0.3, -0.25) is 9.20 Å². The van der Waals surface area contributed by atoms with Crippen LogP contribution in [0, 0.1) is 24.1 Å². The van der Waals surface area contributed by atoms with Crippen molar-refractivity contribution in [3.8, 4) is 17.2 Å². The number of nitrogens with zero attached hydrogens (tertiary/aromatic N) is 4. The van der Waals surface area contributed by atoms with E-state index in [-0.39, 0.29) is 28.7 Å². The van der Waals surface area contributed by atoms with Crippen LogP contribution in [0.4, 0.5) is 22.0 Å². The second-order valence-corrected chi connectivity index (χ2v) is 7.34. The Balaban J connectivity index is 1.76. The highest BCUT2D eigenvalue weighted by molar-refractivity contribution is 5.71. The zero-order valence-corrected chi connectivity index (χ0v) is 17.3. The first-order valence-electron chi connectivity index (χ1n) is 9.85. The van der Waals surface area contributed by atoms with E-state index in [1.807, 2.05) is 43.3 Å². The van der Waals surface area contributed by atoms with Crippen LogP contribution in [-0.2, 0) is 6.42 Å². The summed E-state index contributed by atoms with van der Waals surface area (Å²) in [6, 6.07) is 14.3. The smallest absolute Gasteiger partial charge is 0.263 e. The number of fused-ring (bicyclic) bond motifs is 1. The summed E-state index contributed by atoms with van der Waals surface area (Å²) in [5.74, 6) is -0.314. The lowest BCUT2D eigenvalue weighted by Crippen LogP contribution is -2.20. The largest absolute Gasteiger partial charge is 0.382 e. The van der Waals surface area contributed by atoms with Gasteiger partial charge in [-0.25, -0.2) is 4.39 Å². The van der Waals surface area contributed by atoms with Crippen LogP contribution in [0.25, 0.3) is 16.6 Å². The highest BCUT2D eigenvalue weighted by Gasteiger charge is 2.15. The molecule has 32 heavy (non-hydrogen) atoms. The predicted molar refractivity (Wildman–Crippen MR) is 122 cm³/mol. The molecule has 0 radical (unpaired) electrons. The quantitative estimate of drug-likeness (QED) is 0.444. The molecule has 5 N–H and O–H groups in total. The third kappa shape index (κ3) is 3.94. The fourth-order valence-electron chi connectivity index (χ4n) is 3.64. The van der Waals surface area contributed by atoms with E-state index in [4.69, 9.17) is 11.5 Å². The number of hydrogen-bond donors (Lipinski definition) is 3. The molecule has 0 saturated carbocycles. The van der Waals surface area contributed by atoms with Crippen LogP contribution in [0.3, 0.4) is 0 Å². The van der Waals surface area contributed by atoms with Crippen LogP contribution >= 0.6 is 0 Å². The lowest BCUT2D eigenvalue weighted by molar-refractivity contribution is 0.618. The molecule has 3 aromatic heterocycles. The van der Waals surface area contributed by atoms with E-state index in [1.165, 1.54) is 16.7 Å². The summed E-state index contributed by atoms with van der Waals surface area (Å²) in [5.41, 5.74) is 14.8. The van der Waals surface area contributed by atoms with Gasteiger partial charge < -0.3 is 16.8 Å². The molecule has 0 aliphatic rings. The molecule has 4 rings (SSSR count). The predicted octanol–water partition coefficient (Wildman–Crippen LogP) is 2.89. The van der Waals surface area contributed by atoms with E-state index in [0.717, 1.165) is 16.7 Å². The van der Waals surface area contributed by atoms with Crippen molar-refractivity contribution in [3.63, 3.8) is 0 Å². The number of hydrogen-bond acceptors (Lipinski definition) is 7. The molecule has 1 aromatic carbocycles. The molecule has 0 unspecified atom stereocenters. The molecular weight excluding hydrogens is 409 g/mol. The normalized spacial score (nSPS) is 10.8. The number of nitrogens with two attached hydrogens (primary N) is 2. The second kappa shape index (κ2) is 8.35. The molecule has 8 nitrogen and oxygen atoms in total. The minimum Gasteiger partial charge on any atom is -0.382 e. The van der Waals surface area contributed by atoms with Gasteiger partial charge in [0.1, 0.15) is 23.3 Å². The molecular formula is C23H20FN7O. The Morgan fingerprint density at radius 1 is 1.19 bits per heavy atom. The Morgan fingerprint density at radius 2 is 2.00 bits per heavy atom. The number of aryl methyl sites for hydroxylation is 1. The van der Waals surface area contributed by atoms with Crippen molar-refractivity contribution in [2.24, 2.45) is 0 Å². The van der Waals surface area contributed by atoms with Crippen molar-refractivity contribution >= 4 is 23.1 Å². The van der Waals surface area contributed by atoms with Crippen molar-refractivity contribution in [2.45, 2.75) is 13.3 Å². The highest BCUT2D eigenvalue weighted by atomic mass is 19.1. The van der Waals surface area contributed by atoms with Gasteiger partial charge in [-0.2, -0.15) is 15.2 Å². The molecule has 9 heteroatoms. The summed E-state index contributed by atoms with van der Waals surface area (Å²) >= 11 is 0. The third-order valence-corrected chi connectivity index (χ3v) is 5.08. The zero-order valence-electron chi connectivity index (χ0n) is 17.3. The molecule has 0 aliphatic carbocycles. The summed E-state index contributed by atoms with van der Waals surface area (Å²) in [7, 11) is 0. The standard InChI is InChI=1S/C23H20FN7O/c1-13-3-2-4-14(9-13)19-15(10-17-6-5-16(24)12-31(17)22(19)32)7-8-28-21-18(11-25)20(26)29-23(27)30-21/h2-6,9-10,12H,7-8H2,1H3,(H5,26,27,28,29,30). The van der Waals surface area contributed by atoms with E-state index >= 15 is 0 Å². The monoisotopic (exact) mass is 429 g/mol. The Labute approximate surface area is 183 Å². The number of pyridine rings is 2. The van der Waals surface area contributed by atoms with E-state index in [1.54, 1.807) is 6.07 Å². The molecule has 160 valence electrons. The van der Waals surface area contributed by atoms with Gasteiger partial charge in [-0.15, -0.1) is 0 Å². The molecule has 4 aromatic rings.